The number of benzene rings is 1. The fraction of sp³-hybridized carbons (Fsp3) is 0.625. The highest BCUT2D eigenvalue weighted by Crippen LogP contribution is 2.25. The maximum Gasteiger partial charge on any atom is 0.0790 e. The van der Waals surface area contributed by atoms with Crippen molar-refractivity contribution in [1.29, 1.82) is 0 Å². The van der Waals surface area contributed by atoms with E-state index in [-0.39, 0.29) is 0 Å². The molecule has 0 amide bonds. The van der Waals surface area contributed by atoms with Gasteiger partial charge in [0.2, 0.25) is 0 Å². The average Bonchev–Trinajstić information content (AvgIpc) is 2.42. The molecule has 0 aliphatic rings. The Balaban J connectivity index is 2.66. The van der Waals surface area contributed by atoms with Gasteiger partial charge in [0.15, 0.2) is 0 Å². The first-order valence-corrected chi connectivity index (χ1v) is 7.15. The van der Waals surface area contributed by atoms with Gasteiger partial charge in [-0.05, 0) is 24.0 Å². The molecule has 0 unspecified atom stereocenters. The predicted octanol–water partition coefficient (Wildman–Crippen LogP) is 4.13. The molecule has 0 saturated heterocycles. The monoisotopic (exact) mass is 250 g/mol. The number of unbranched alkanes of at least 4 members (excludes halogenated alkanes) is 2. The first-order valence-electron chi connectivity index (χ1n) is 7.15. The van der Waals surface area contributed by atoms with Gasteiger partial charge in [-0.3, -0.25) is 0 Å². The Bertz CT molecular complexity index is 306. The van der Waals surface area contributed by atoms with Crippen molar-refractivity contribution in [3.8, 4) is 0 Å². The molecule has 0 bridgehead atoms. The zero-order valence-electron chi connectivity index (χ0n) is 11.6. The molecular formula is C16H26O2. The summed E-state index contributed by atoms with van der Waals surface area (Å²) >= 11 is 0. The Hall–Kier alpha value is -0.860. The third kappa shape index (κ3) is 4.79. The number of hydrogen-bond donors (Lipinski definition) is 2. The quantitative estimate of drug-likeness (QED) is 0.728. The van der Waals surface area contributed by atoms with E-state index < -0.39 is 12.2 Å². The van der Waals surface area contributed by atoms with Crippen LogP contribution in [-0.4, -0.2) is 10.2 Å². The van der Waals surface area contributed by atoms with Gasteiger partial charge in [-0.15, -0.1) is 0 Å². The van der Waals surface area contributed by atoms with E-state index in [0.717, 1.165) is 49.7 Å². The number of aliphatic hydroxyl groups excluding tert-OH is 2. The van der Waals surface area contributed by atoms with Gasteiger partial charge in [-0.25, -0.2) is 0 Å². The summed E-state index contributed by atoms with van der Waals surface area (Å²) in [6, 6.07) is 7.75. The van der Waals surface area contributed by atoms with Crippen molar-refractivity contribution in [3.63, 3.8) is 0 Å². The summed E-state index contributed by atoms with van der Waals surface area (Å²) in [7, 11) is 0. The van der Waals surface area contributed by atoms with Crippen LogP contribution in [0.25, 0.3) is 0 Å². The van der Waals surface area contributed by atoms with Crippen LogP contribution in [0.3, 0.4) is 0 Å². The molecule has 1 rings (SSSR count). The maximum absolute atomic E-state index is 10.1. The molecule has 1 aromatic carbocycles. The lowest BCUT2D eigenvalue weighted by molar-refractivity contribution is 0.157. The van der Waals surface area contributed by atoms with Gasteiger partial charge < -0.3 is 10.2 Å². The minimum atomic E-state index is -0.400. The van der Waals surface area contributed by atoms with Crippen molar-refractivity contribution < 1.29 is 10.2 Å². The van der Waals surface area contributed by atoms with Crippen LogP contribution >= 0.6 is 0 Å². The summed E-state index contributed by atoms with van der Waals surface area (Å²) in [4.78, 5) is 0. The van der Waals surface area contributed by atoms with Crippen LogP contribution in [0.1, 0.15) is 75.7 Å². The van der Waals surface area contributed by atoms with E-state index in [9.17, 15) is 10.2 Å². The second-order valence-electron chi connectivity index (χ2n) is 4.99. The lowest BCUT2D eigenvalue weighted by Crippen LogP contribution is -2.01. The number of aliphatic hydroxyl groups is 2. The number of hydrogen-bond acceptors (Lipinski definition) is 2. The van der Waals surface area contributed by atoms with Crippen molar-refractivity contribution >= 4 is 0 Å². The second-order valence-corrected chi connectivity index (χ2v) is 4.99. The molecule has 18 heavy (non-hydrogen) atoms. The lowest BCUT2D eigenvalue weighted by Gasteiger charge is -2.15. The summed E-state index contributed by atoms with van der Waals surface area (Å²) in [5.41, 5.74) is 1.85. The zero-order valence-corrected chi connectivity index (χ0v) is 11.6. The fourth-order valence-electron chi connectivity index (χ4n) is 2.10. The highest BCUT2D eigenvalue weighted by Gasteiger charge is 2.11. The molecule has 0 spiro atoms. The molecule has 1 aromatic rings. The van der Waals surface area contributed by atoms with E-state index in [2.05, 4.69) is 13.8 Å². The Kier molecular flexibility index (Phi) is 6.99. The lowest BCUT2D eigenvalue weighted by atomic mass is 9.98. The van der Waals surface area contributed by atoms with Crippen LogP contribution in [0.4, 0.5) is 0 Å². The van der Waals surface area contributed by atoms with Crippen molar-refractivity contribution in [2.45, 2.75) is 64.6 Å². The van der Waals surface area contributed by atoms with E-state index in [1.165, 1.54) is 0 Å². The summed E-state index contributed by atoms with van der Waals surface area (Å²) in [6.45, 7) is 4.25. The fourth-order valence-corrected chi connectivity index (χ4v) is 2.10. The summed E-state index contributed by atoms with van der Waals surface area (Å²) in [5, 5.41) is 20.1. The Morgan fingerprint density at radius 3 is 1.72 bits per heavy atom. The molecule has 2 N–H and O–H groups in total. The first kappa shape index (κ1) is 15.2. The SMILES string of the molecule is CCCC[C@H](O)c1cccc([C@@H](O)CCCC)c1. The summed E-state index contributed by atoms with van der Waals surface area (Å²) in [6.07, 6.45) is 5.04. The molecule has 0 aliphatic heterocycles. The maximum atomic E-state index is 10.1. The van der Waals surface area contributed by atoms with Gasteiger partial charge in [0, 0.05) is 0 Å². The standard InChI is InChI=1S/C16H26O2/c1-3-5-10-15(17)13-8-7-9-14(12-13)16(18)11-6-4-2/h7-9,12,15-18H,3-6,10-11H2,1-2H3/t15-,16-/m0/s1. The van der Waals surface area contributed by atoms with Crippen LogP contribution < -0.4 is 0 Å². The molecule has 0 aliphatic carbocycles. The third-order valence-electron chi connectivity index (χ3n) is 3.34. The molecule has 2 atom stereocenters. The highest BCUT2D eigenvalue weighted by molar-refractivity contribution is 5.26. The van der Waals surface area contributed by atoms with Gasteiger partial charge in [0.1, 0.15) is 0 Å². The van der Waals surface area contributed by atoms with Crippen LogP contribution in [0.2, 0.25) is 0 Å². The zero-order chi connectivity index (χ0) is 13.4. The molecule has 0 aromatic heterocycles. The van der Waals surface area contributed by atoms with E-state index in [1.807, 2.05) is 24.3 Å². The Morgan fingerprint density at radius 1 is 0.889 bits per heavy atom. The second kappa shape index (κ2) is 8.28. The minimum absolute atomic E-state index is 0.400. The van der Waals surface area contributed by atoms with E-state index >= 15 is 0 Å². The third-order valence-corrected chi connectivity index (χ3v) is 3.34. The Morgan fingerprint density at radius 2 is 1.33 bits per heavy atom. The van der Waals surface area contributed by atoms with Gasteiger partial charge in [0.05, 0.1) is 12.2 Å². The van der Waals surface area contributed by atoms with Gasteiger partial charge in [-0.1, -0.05) is 63.8 Å². The highest BCUT2D eigenvalue weighted by atomic mass is 16.3. The topological polar surface area (TPSA) is 40.5 Å². The van der Waals surface area contributed by atoms with Gasteiger partial charge in [0.25, 0.3) is 0 Å². The molecule has 102 valence electrons. The average molecular weight is 250 g/mol. The van der Waals surface area contributed by atoms with Crippen molar-refractivity contribution in [1.82, 2.24) is 0 Å². The van der Waals surface area contributed by atoms with Crippen molar-refractivity contribution in [3.05, 3.63) is 35.4 Å². The molecule has 2 heteroatoms. The minimum Gasteiger partial charge on any atom is -0.388 e. The predicted molar refractivity (Wildman–Crippen MR) is 75.4 cm³/mol. The first-order chi connectivity index (χ1) is 8.69. The normalized spacial score (nSPS) is 14.4. The summed E-state index contributed by atoms with van der Waals surface area (Å²) in [5.74, 6) is 0. The smallest absolute Gasteiger partial charge is 0.0790 e. The largest absolute Gasteiger partial charge is 0.388 e. The molecule has 0 fully saturated rings. The van der Waals surface area contributed by atoms with Crippen LogP contribution in [0.5, 0.6) is 0 Å². The molecule has 0 heterocycles. The van der Waals surface area contributed by atoms with E-state index in [1.54, 1.807) is 0 Å². The van der Waals surface area contributed by atoms with E-state index in [4.69, 9.17) is 0 Å². The Labute approximate surface area is 111 Å². The number of rotatable bonds is 8. The van der Waals surface area contributed by atoms with Gasteiger partial charge in [-0.2, -0.15) is 0 Å². The molecule has 2 nitrogen and oxygen atoms in total. The van der Waals surface area contributed by atoms with Crippen LogP contribution in [0.15, 0.2) is 24.3 Å². The molecule has 0 radical (unpaired) electrons. The van der Waals surface area contributed by atoms with Gasteiger partial charge >= 0.3 is 0 Å². The van der Waals surface area contributed by atoms with Crippen molar-refractivity contribution in [2.24, 2.45) is 0 Å². The van der Waals surface area contributed by atoms with Crippen LogP contribution in [0, 0.1) is 0 Å². The van der Waals surface area contributed by atoms with Crippen molar-refractivity contribution in [2.75, 3.05) is 0 Å². The summed E-state index contributed by atoms with van der Waals surface area (Å²) < 4.78 is 0. The molecular weight excluding hydrogens is 224 g/mol. The van der Waals surface area contributed by atoms with Crippen LogP contribution in [-0.2, 0) is 0 Å². The molecule has 0 saturated carbocycles. The van der Waals surface area contributed by atoms with E-state index in [0.29, 0.717) is 0 Å².